The number of ketones is 2. The van der Waals surface area contributed by atoms with Gasteiger partial charge < -0.3 is 19.6 Å². The average Bonchev–Trinajstić information content (AvgIpc) is 3.43. The quantitative estimate of drug-likeness (QED) is 0.404. The molecule has 3 aliphatic heterocycles. The van der Waals surface area contributed by atoms with Gasteiger partial charge in [-0.1, -0.05) is 13.8 Å². The summed E-state index contributed by atoms with van der Waals surface area (Å²) in [5.41, 5.74) is 1.89. The molecule has 0 radical (unpaired) electrons. The maximum Gasteiger partial charge on any atom is 0.227 e. The lowest BCUT2D eigenvalue weighted by molar-refractivity contribution is -0.117. The third-order valence-electron chi connectivity index (χ3n) is 4.63. The minimum absolute atomic E-state index is 0.00546. The normalized spacial score (nSPS) is 21.5. The molecule has 0 spiro atoms. The molecule has 0 unspecified atom stereocenters. The molecule has 0 aromatic carbocycles. The van der Waals surface area contributed by atoms with Gasteiger partial charge in [0.25, 0.3) is 0 Å². The zero-order chi connectivity index (χ0) is 18.9. The minimum atomic E-state index is -2.69. The van der Waals surface area contributed by atoms with Gasteiger partial charge in [-0.25, -0.2) is 0 Å². The first-order valence-corrected chi connectivity index (χ1v) is 11.5. The van der Waals surface area contributed by atoms with Gasteiger partial charge in [-0.05, 0) is 12.8 Å². The lowest BCUT2D eigenvalue weighted by Gasteiger charge is -2.21. The molecule has 3 heterocycles. The van der Waals surface area contributed by atoms with Crippen molar-refractivity contribution < 1.29 is 19.0 Å². The molecule has 144 valence electrons. The highest BCUT2D eigenvalue weighted by molar-refractivity contribution is 7.57. The molecule has 8 heteroatoms. The first kappa shape index (κ1) is 19.2. The second-order valence-electron chi connectivity index (χ2n) is 7.17. The van der Waals surface area contributed by atoms with Crippen LogP contribution in [0.2, 0.25) is 0 Å². The van der Waals surface area contributed by atoms with Crippen LogP contribution in [-0.4, -0.2) is 82.8 Å². The summed E-state index contributed by atoms with van der Waals surface area (Å²) in [5, 5.41) is 0. The third-order valence-corrected chi connectivity index (χ3v) is 6.93. The van der Waals surface area contributed by atoms with Gasteiger partial charge in [0.15, 0.2) is 0 Å². The molecule has 0 bridgehead atoms. The molecule has 0 saturated carbocycles. The second-order valence-corrected chi connectivity index (χ2v) is 9.76. The first-order valence-electron chi connectivity index (χ1n) is 9.48. The smallest absolute Gasteiger partial charge is 0.227 e. The van der Waals surface area contributed by atoms with Crippen LogP contribution in [0.5, 0.6) is 0 Å². The fraction of sp³-hybridized carbons (Fsp3) is 0.667. The summed E-state index contributed by atoms with van der Waals surface area (Å²) >= 11 is 0. The zero-order valence-electron chi connectivity index (χ0n) is 15.6. The van der Waals surface area contributed by atoms with Crippen LogP contribution in [0.4, 0.5) is 0 Å². The van der Waals surface area contributed by atoms with Gasteiger partial charge in [0.2, 0.25) is 18.9 Å². The molecule has 0 amide bonds. The number of hydrogen-bond donors (Lipinski definition) is 1. The van der Waals surface area contributed by atoms with Crippen molar-refractivity contribution in [2.45, 2.75) is 26.7 Å². The van der Waals surface area contributed by atoms with Gasteiger partial charge >= 0.3 is 0 Å². The molecule has 0 aromatic rings. The fourth-order valence-electron chi connectivity index (χ4n) is 3.09. The van der Waals surface area contributed by atoms with Crippen molar-refractivity contribution in [3.05, 3.63) is 23.2 Å². The summed E-state index contributed by atoms with van der Waals surface area (Å²) < 4.78 is 11.0. The number of nitrogens with zero attached hydrogens (tertiary/aromatic N) is 3. The van der Waals surface area contributed by atoms with E-state index in [0.29, 0.717) is 29.4 Å². The van der Waals surface area contributed by atoms with E-state index in [4.69, 9.17) is 4.89 Å². The molecular weight excluding hydrogens is 353 g/mol. The number of rotatable bonds is 7. The molecule has 1 aliphatic carbocycles. The number of hydrogen-bond acceptors (Lipinski definition) is 6. The largest absolute Gasteiger partial charge is 0.365 e. The van der Waals surface area contributed by atoms with E-state index >= 15 is 0 Å². The highest BCUT2D eigenvalue weighted by atomic mass is 31.2. The third kappa shape index (κ3) is 4.57. The van der Waals surface area contributed by atoms with Crippen molar-refractivity contribution >= 4 is 18.9 Å². The SMILES string of the molecule is CCCP(=O)(O)CCC.O=C1C=C(N2CC2)C(=O)C(N2CC2)=C1N1CC1. The van der Waals surface area contributed by atoms with Crippen LogP contribution in [0.1, 0.15) is 26.7 Å². The molecular formula is C18H28N3O4P. The van der Waals surface area contributed by atoms with Crippen molar-refractivity contribution in [2.24, 2.45) is 0 Å². The molecule has 4 rings (SSSR count). The van der Waals surface area contributed by atoms with Gasteiger partial charge in [-0.2, -0.15) is 0 Å². The van der Waals surface area contributed by atoms with Gasteiger partial charge in [-0.3, -0.25) is 14.2 Å². The van der Waals surface area contributed by atoms with Crippen molar-refractivity contribution in [3.8, 4) is 0 Å². The number of allylic oxidation sites excluding steroid dienone is 1. The highest BCUT2D eigenvalue weighted by Gasteiger charge is 2.43. The van der Waals surface area contributed by atoms with Gasteiger partial charge in [0.05, 0.1) is 5.70 Å². The van der Waals surface area contributed by atoms with Crippen LogP contribution < -0.4 is 0 Å². The Hall–Kier alpha value is -1.59. The standard InChI is InChI=1S/C12H13N3O2.C6H15O2P/c16-9-7-8(13-1-2-13)12(17)11(15-5-6-15)10(9)14-3-4-14;1-3-5-9(7,8)6-4-2/h7H,1-6H2;3-6H2,1-2H3,(H,7,8). The van der Waals surface area contributed by atoms with Gasteiger partial charge in [0, 0.05) is 57.7 Å². The summed E-state index contributed by atoms with van der Waals surface area (Å²) in [6, 6.07) is 0. The summed E-state index contributed by atoms with van der Waals surface area (Å²) in [6.07, 6.45) is 4.12. The average molecular weight is 381 g/mol. The minimum Gasteiger partial charge on any atom is -0.365 e. The van der Waals surface area contributed by atoms with E-state index in [-0.39, 0.29) is 11.6 Å². The second kappa shape index (κ2) is 7.57. The van der Waals surface area contributed by atoms with E-state index in [1.54, 1.807) is 0 Å². The fourth-order valence-corrected chi connectivity index (χ4v) is 4.71. The van der Waals surface area contributed by atoms with Crippen molar-refractivity contribution in [2.75, 3.05) is 51.6 Å². The van der Waals surface area contributed by atoms with Crippen LogP contribution in [0, 0.1) is 0 Å². The number of carbonyl (C=O) groups is 2. The number of Topliss-reactive ketones (excluding diaryl/α,β-unsaturated/α-hetero) is 1. The van der Waals surface area contributed by atoms with Crippen LogP contribution in [0.25, 0.3) is 0 Å². The number of carbonyl (C=O) groups excluding carboxylic acids is 2. The maximum absolute atomic E-state index is 12.4. The predicted molar refractivity (Wildman–Crippen MR) is 100.0 cm³/mol. The molecule has 0 aromatic heterocycles. The zero-order valence-corrected chi connectivity index (χ0v) is 16.5. The van der Waals surface area contributed by atoms with Crippen LogP contribution in [0.15, 0.2) is 23.2 Å². The van der Waals surface area contributed by atoms with Crippen LogP contribution in [-0.2, 0) is 14.2 Å². The molecule has 4 aliphatic rings. The molecule has 26 heavy (non-hydrogen) atoms. The Morgan fingerprint density at radius 3 is 1.77 bits per heavy atom. The van der Waals surface area contributed by atoms with E-state index in [1.807, 2.05) is 28.5 Å². The van der Waals surface area contributed by atoms with E-state index in [1.165, 1.54) is 6.08 Å². The Balaban J connectivity index is 0.000000188. The lowest BCUT2D eigenvalue weighted by Crippen LogP contribution is -2.29. The Labute approximate surface area is 154 Å². The lowest BCUT2D eigenvalue weighted by atomic mass is 10.0. The van der Waals surface area contributed by atoms with E-state index in [2.05, 4.69) is 0 Å². The molecule has 7 nitrogen and oxygen atoms in total. The van der Waals surface area contributed by atoms with Gasteiger partial charge in [0.1, 0.15) is 11.4 Å². The Bertz CT molecular complexity index is 693. The van der Waals surface area contributed by atoms with Crippen molar-refractivity contribution in [1.29, 1.82) is 0 Å². The monoisotopic (exact) mass is 381 g/mol. The Morgan fingerprint density at radius 1 is 0.885 bits per heavy atom. The van der Waals surface area contributed by atoms with Crippen molar-refractivity contribution in [3.63, 3.8) is 0 Å². The van der Waals surface area contributed by atoms with E-state index < -0.39 is 7.37 Å². The molecule has 0 atom stereocenters. The first-order chi connectivity index (χ1) is 12.4. The predicted octanol–water partition coefficient (Wildman–Crippen LogP) is 1.26. The summed E-state index contributed by atoms with van der Waals surface area (Å²) in [4.78, 5) is 39.5. The van der Waals surface area contributed by atoms with E-state index in [0.717, 1.165) is 52.1 Å². The van der Waals surface area contributed by atoms with E-state index in [9.17, 15) is 14.2 Å². The highest BCUT2D eigenvalue weighted by Crippen LogP contribution is 2.41. The summed E-state index contributed by atoms with van der Waals surface area (Å²) in [7, 11) is -2.69. The van der Waals surface area contributed by atoms with Crippen LogP contribution >= 0.6 is 7.37 Å². The molecule has 3 saturated heterocycles. The Morgan fingerprint density at radius 2 is 1.35 bits per heavy atom. The summed E-state index contributed by atoms with van der Waals surface area (Å²) in [6.45, 7) is 9.26. The molecule has 3 fully saturated rings. The maximum atomic E-state index is 12.4. The van der Waals surface area contributed by atoms with Gasteiger partial charge in [-0.15, -0.1) is 0 Å². The van der Waals surface area contributed by atoms with Crippen molar-refractivity contribution in [1.82, 2.24) is 14.7 Å². The Kier molecular flexibility index (Phi) is 5.58. The summed E-state index contributed by atoms with van der Waals surface area (Å²) in [5.74, 6) is 0.0485. The molecule has 1 N–H and O–H groups in total. The topological polar surface area (TPSA) is 80.5 Å². The van der Waals surface area contributed by atoms with Crippen LogP contribution in [0.3, 0.4) is 0 Å².